The highest BCUT2D eigenvalue weighted by Crippen LogP contribution is 2.29. The van der Waals surface area contributed by atoms with Crippen LogP contribution in [-0.2, 0) is 6.54 Å². The molecule has 1 aromatic heterocycles. The fourth-order valence-corrected chi connectivity index (χ4v) is 2.73. The lowest BCUT2D eigenvalue weighted by Gasteiger charge is -2.38. The molecule has 2 atom stereocenters. The number of hydrogen-bond donors (Lipinski definition) is 0. The van der Waals surface area contributed by atoms with Crippen LogP contribution >= 0.6 is 0 Å². The van der Waals surface area contributed by atoms with Gasteiger partial charge < -0.3 is 0 Å². The summed E-state index contributed by atoms with van der Waals surface area (Å²) in [7, 11) is 0. The number of hydrogen-bond acceptors (Lipinski definition) is 3. The maximum atomic E-state index is 5.64. The van der Waals surface area contributed by atoms with Crippen LogP contribution in [0.4, 0.5) is 0 Å². The predicted octanol–water partition coefficient (Wildman–Crippen LogP) is 2.20. The van der Waals surface area contributed by atoms with Crippen LogP contribution in [0, 0.1) is 30.1 Å². The highest BCUT2D eigenvalue weighted by molar-refractivity contribution is 5.03. The summed E-state index contributed by atoms with van der Waals surface area (Å²) in [4.78, 5) is 2.45. The van der Waals surface area contributed by atoms with E-state index in [0.717, 1.165) is 31.7 Å². The van der Waals surface area contributed by atoms with Crippen LogP contribution in [-0.4, -0.2) is 28.2 Å². The maximum Gasteiger partial charge on any atom is 0.0771 e. The second-order valence-electron chi connectivity index (χ2n) is 5.42. The van der Waals surface area contributed by atoms with Crippen LogP contribution < -0.4 is 0 Å². The zero-order chi connectivity index (χ0) is 13.0. The van der Waals surface area contributed by atoms with Gasteiger partial charge in [0.2, 0.25) is 0 Å². The van der Waals surface area contributed by atoms with Crippen LogP contribution in [0.1, 0.15) is 26.0 Å². The first kappa shape index (κ1) is 13.0. The maximum absolute atomic E-state index is 5.64. The zero-order valence-electron chi connectivity index (χ0n) is 11.2. The van der Waals surface area contributed by atoms with Gasteiger partial charge in [-0.1, -0.05) is 13.8 Å². The lowest BCUT2D eigenvalue weighted by atomic mass is 9.79. The summed E-state index contributed by atoms with van der Waals surface area (Å²) in [6.45, 7) is 7.55. The van der Waals surface area contributed by atoms with E-state index >= 15 is 0 Å². The molecule has 1 aliphatic heterocycles. The summed E-state index contributed by atoms with van der Waals surface area (Å²) in [5.41, 5.74) is 1.04. The molecule has 0 bridgehead atoms. The second kappa shape index (κ2) is 5.97. The summed E-state index contributed by atoms with van der Waals surface area (Å²) in [6, 6.07) is 3.97. The van der Waals surface area contributed by atoms with Gasteiger partial charge in [0, 0.05) is 25.2 Å². The minimum atomic E-state index is 0.433. The monoisotopic (exact) mass is 243 g/mol. The molecule has 3 heteroatoms. The minimum absolute atomic E-state index is 0.433. The summed E-state index contributed by atoms with van der Waals surface area (Å²) in [5, 5.41) is 8.08. The van der Waals surface area contributed by atoms with Gasteiger partial charge >= 0.3 is 0 Å². The van der Waals surface area contributed by atoms with Crippen molar-refractivity contribution >= 4 is 0 Å². The fraction of sp³-hybridized carbons (Fsp3) is 0.600. The second-order valence-corrected chi connectivity index (χ2v) is 5.42. The normalized spacial score (nSPS) is 25.0. The van der Waals surface area contributed by atoms with Crippen molar-refractivity contribution in [2.45, 2.75) is 26.8 Å². The average molecular weight is 243 g/mol. The van der Waals surface area contributed by atoms with Gasteiger partial charge in [-0.25, -0.2) is 0 Å². The molecule has 0 spiro atoms. The molecule has 96 valence electrons. The summed E-state index contributed by atoms with van der Waals surface area (Å²) in [5.74, 6) is 4.63. The molecule has 2 rings (SSSR count). The van der Waals surface area contributed by atoms with Crippen molar-refractivity contribution in [3.05, 3.63) is 24.0 Å². The average Bonchev–Trinajstić information content (AvgIpc) is 2.40. The van der Waals surface area contributed by atoms with Crippen molar-refractivity contribution in [1.29, 1.82) is 0 Å². The molecule has 0 aliphatic carbocycles. The highest BCUT2D eigenvalue weighted by atomic mass is 15.2. The van der Waals surface area contributed by atoms with Gasteiger partial charge in [-0.2, -0.15) is 10.2 Å². The van der Waals surface area contributed by atoms with Gasteiger partial charge in [0.15, 0.2) is 0 Å². The molecule has 18 heavy (non-hydrogen) atoms. The van der Waals surface area contributed by atoms with Crippen molar-refractivity contribution in [1.82, 2.24) is 15.1 Å². The number of terminal acetylenes is 1. The van der Waals surface area contributed by atoms with Gasteiger partial charge in [-0.3, -0.25) is 4.90 Å². The first-order valence-corrected chi connectivity index (χ1v) is 6.65. The predicted molar refractivity (Wildman–Crippen MR) is 72.6 cm³/mol. The molecule has 1 fully saturated rings. The summed E-state index contributed by atoms with van der Waals surface area (Å²) < 4.78 is 0. The molecule has 0 aromatic carbocycles. The van der Waals surface area contributed by atoms with Crippen molar-refractivity contribution in [2.24, 2.45) is 17.8 Å². The topological polar surface area (TPSA) is 29.0 Å². The van der Waals surface area contributed by atoms with Crippen LogP contribution in [0.25, 0.3) is 0 Å². The Balaban J connectivity index is 1.98. The molecule has 0 saturated carbocycles. The molecule has 0 radical (unpaired) electrons. The Morgan fingerprint density at radius 3 is 3.00 bits per heavy atom. The van der Waals surface area contributed by atoms with Gasteiger partial charge in [0.1, 0.15) is 0 Å². The van der Waals surface area contributed by atoms with E-state index in [2.05, 4.69) is 34.9 Å². The third-order valence-corrected chi connectivity index (χ3v) is 3.83. The largest absolute Gasteiger partial charge is 0.297 e. The summed E-state index contributed by atoms with van der Waals surface area (Å²) >= 11 is 0. The van der Waals surface area contributed by atoms with E-state index in [-0.39, 0.29) is 0 Å². The molecule has 2 heterocycles. The Hall–Kier alpha value is -1.40. The van der Waals surface area contributed by atoms with Crippen molar-refractivity contribution in [2.75, 3.05) is 13.1 Å². The fourth-order valence-electron chi connectivity index (χ4n) is 2.73. The van der Waals surface area contributed by atoms with E-state index < -0.39 is 0 Å². The number of aromatic nitrogens is 2. The van der Waals surface area contributed by atoms with Crippen LogP contribution in [0.2, 0.25) is 0 Å². The smallest absolute Gasteiger partial charge is 0.0771 e. The number of rotatable bonds is 3. The first-order chi connectivity index (χ1) is 8.70. The van der Waals surface area contributed by atoms with E-state index in [4.69, 9.17) is 6.42 Å². The lowest BCUT2D eigenvalue weighted by molar-refractivity contribution is 0.108. The molecule has 1 saturated heterocycles. The number of nitrogens with zero attached hydrogens (tertiary/aromatic N) is 3. The standard InChI is InChI=1S/C15H21N3/c1-4-13-7-9-18(11-15(13)12(2)3)10-14-6-5-8-16-17-14/h1,5-6,8,12-13,15H,7,9-11H2,2-3H3. The van der Waals surface area contributed by atoms with Crippen molar-refractivity contribution in [3.63, 3.8) is 0 Å². The van der Waals surface area contributed by atoms with Crippen LogP contribution in [0.3, 0.4) is 0 Å². The van der Waals surface area contributed by atoms with Gasteiger partial charge in [-0.15, -0.1) is 12.3 Å². The third kappa shape index (κ3) is 3.08. The molecule has 0 N–H and O–H groups in total. The van der Waals surface area contributed by atoms with E-state index in [1.54, 1.807) is 6.20 Å². The van der Waals surface area contributed by atoms with Crippen LogP contribution in [0.15, 0.2) is 18.3 Å². The van der Waals surface area contributed by atoms with Crippen molar-refractivity contribution < 1.29 is 0 Å². The molecule has 1 aromatic rings. The SMILES string of the molecule is C#CC1CCN(Cc2cccnn2)CC1C(C)C. The van der Waals surface area contributed by atoms with Gasteiger partial charge in [-0.05, 0) is 36.9 Å². The molecule has 0 amide bonds. The number of piperidine rings is 1. The Bertz CT molecular complexity index is 407. The Morgan fingerprint density at radius 1 is 1.56 bits per heavy atom. The summed E-state index contributed by atoms with van der Waals surface area (Å²) in [6.07, 6.45) is 8.45. The number of likely N-dealkylation sites (tertiary alicyclic amines) is 1. The first-order valence-electron chi connectivity index (χ1n) is 6.65. The minimum Gasteiger partial charge on any atom is -0.297 e. The molecule has 3 nitrogen and oxygen atoms in total. The quantitative estimate of drug-likeness (QED) is 0.762. The lowest BCUT2D eigenvalue weighted by Crippen LogP contribution is -2.41. The van der Waals surface area contributed by atoms with E-state index in [9.17, 15) is 0 Å². The van der Waals surface area contributed by atoms with Gasteiger partial charge in [0.25, 0.3) is 0 Å². The third-order valence-electron chi connectivity index (χ3n) is 3.83. The molecule has 2 unspecified atom stereocenters. The Morgan fingerprint density at radius 2 is 2.39 bits per heavy atom. The molecular weight excluding hydrogens is 222 g/mol. The van der Waals surface area contributed by atoms with E-state index in [1.807, 2.05) is 12.1 Å². The molecular formula is C15H21N3. The highest BCUT2D eigenvalue weighted by Gasteiger charge is 2.30. The van der Waals surface area contributed by atoms with Crippen molar-refractivity contribution in [3.8, 4) is 12.3 Å². The zero-order valence-corrected chi connectivity index (χ0v) is 11.2. The van der Waals surface area contributed by atoms with Crippen LogP contribution in [0.5, 0.6) is 0 Å². The van der Waals surface area contributed by atoms with E-state index in [0.29, 0.717) is 17.8 Å². The Kier molecular flexibility index (Phi) is 4.33. The Labute approximate surface area is 110 Å². The van der Waals surface area contributed by atoms with E-state index in [1.165, 1.54) is 0 Å². The van der Waals surface area contributed by atoms with Gasteiger partial charge in [0.05, 0.1) is 5.69 Å². The molecule has 1 aliphatic rings.